The minimum atomic E-state index is -4.45. The second-order valence-corrected chi connectivity index (χ2v) is 5.53. The van der Waals surface area contributed by atoms with Gasteiger partial charge in [-0.3, -0.25) is 4.79 Å². The Morgan fingerprint density at radius 1 is 1.22 bits per heavy atom. The van der Waals surface area contributed by atoms with Crippen molar-refractivity contribution in [3.8, 4) is 0 Å². The highest BCUT2D eigenvalue weighted by Gasteiger charge is 2.34. The van der Waals surface area contributed by atoms with Crippen molar-refractivity contribution < 1.29 is 23.1 Å². The zero-order valence-corrected chi connectivity index (χ0v) is 11.9. The number of benzene rings is 1. The van der Waals surface area contributed by atoms with Gasteiger partial charge in [0.2, 0.25) is 0 Å². The minimum absolute atomic E-state index is 0.212. The van der Waals surface area contributed by atoms with Crippen LogP contribution in [0.25, 0.3) is 0 Å². The molecule has 1 unspecified atom stereocenters. The number of nitrogens with zero attached hydrogens (tertiary/aromatic N) is 2. The van der Waals surface area contributed by atoms with Crippen molar-refractivity contribution in [3.05, 3.63) is 59.2 Å². The van der Waals surface area contributed by atoms with Crippen molar-refractivity contribution in [1.29, 1.82) is 0 Å². The van der Waals surface area contributed by atoms with Gasteiger partial charge in [0.05, 0.1) is 11.3 Å². The Labute approximate surface area is 130 Å². The maximum atomic E-state index is 12.6. The Bertz CT molecular complexity index is 725. The van der Waals surface area contributed by atoms with Crippen LogP contribution in [0.15, 0.2) is 36.8 Å². The number of rotatable bonds is 4. The van der Waals surface area contributed by atoms with Gasteiger partial charge in [0, 0.05) is 17.7 Å². The van der Waals surface area contributed by atoms with Gasteiger partial charge in [-0.05, 0) is 30.5 Å². The van der Waals surface area contributed by atoms with Gasteiger partial charge in [-0.2, -0.15) is 13.2 Å². The van der Waals surface area contributed by atoms with Crippen molar-refractivity contribution in [3.63, 3.8) is 0 Å². The molecule has 0 amide bonds. The Balaban J connectivity index is 2.01. The predicted molar refractivity (Wildman–Crippen MR) is 74.9 cm³/mol. The number of aliphatic carboxylic acids is 1. The third-order valence-corrected chi connectivity index (χ3v) is 3.87. The standard InChI is InChI=1S/C16H13F3N2O2/c17-16(18,19)11-5-3-9(4-6-11)13(15(22)23)12-7-20-8-21-14(12)10-1-2-10/h3-8,10,13H,1-2H2,(H,22,23). The summed E-state index contributed by atoms with van der Waals surface area (Å²) in [5, 5.41) is 9.56. The van der Waals surface area contributed by atoms with Crippen molar-refractivity contribution in [1.82, 2.24) is 9.97 Å². The van der Waals surface area contributed by atoms with Gasteiger partial charge < -0.3 is 5.11 Å². The number of aromatic nitrogens is 2. The molecule has 0 bridgehead atoms. The van der Waals surface area contributed by atoms with Gasteiger partial charge in [0.15, 0.2) is 0 Å². The molecule has 1 fully saturated rings. The van der Waals surface area contributed by atoms with E-state index in [0.717, 1.165) is 25.0 Å². The summed E-state index contributed by atoms with van der Waals surface area (Å²) in [6, 6.07) is 4.19. The van der Waals surface area contributed by atoms with Crippen LogP contribution in [0.5, 0.6) is 0 Å². The number of hydrogen-bond acceptors (Lipinski definition) is 3. The zero-order valence-electron chi connectivity index (χ0n) is 11.9. The molecule has 1 aliphatic carbocycles. The first kappa shape index (κ1) is 15.5. The molecule has 7 heteroatoms. The van der Waals surface area contributed by atoms with Gasteiger partial charge in [-0.1, -0.05) is 12.1 Å². The van der Waals surface area contributed by atoms with Crippen LogP contribution < -0.4 is 0 Å². The molecule has 4 nitrogen and oxygen atoms in total. The molecule has 1 heterocycles. The summed E-state index contributed by atoms with van der Waals surface area (Å²) < 4.78 is 37.9. The average molecular weight is 322 g/mol. The third-order valence-electron chi connectivity index (χ3n) is 3.87. The van der Waals surface area contributed by atoms with E-state index in [9.17, 15) is 23.1 Å². The maximum absolute atomic E-state index is 12.6. The van der Waals surface area contributed by atoms with Gasteiger partial charge >= 0.3 is 12.1 Å². The summed E-state index contributed by atoms with van der Waals surface area (Å²) in [5.74, 6) is -2.00. The lowest BCUT2D eigenvalue weighted by Crippen LogP contribution is -2.16. The van der Waals surface area contributed by atoms with Gasteiger partial charge in [-0.15, -0.1) is 0 Å². The maximum Gasteiger partial charge on any atom is 0.416 e. The minimum Gasteiger partial charge on any atom is -0.481 e. The van der Waals surface area contributed by atoms with E-state index >= 15 is 0 Å². The molecule has 0 saturated heterocycles. The summed E-state index contributed by atoms with van der Waals surface area (Å²) >= 11 is 0. The van der Waals surface area contributed by atoms with E-state index in [4.69, 9.17) is 0 Å². The Morgan fingerprint density at radius 3 is 2.39 bits per heavy atom. The molecule has 1 aromatic carbocycles. The van der Waals surface area contributed by atoms with Gasteiger partial charge in [0.1, 0.15) is 12.2 Å². The summed E-state index contributed by atoms with van der Waals surface area (Å²) in [5.41, 5.74) is 0.592. The predicted octanol–water partition coefficient (Wildman–Crippen LogP) is 3.59. The van der Waals surface area contributed by atoms with Crippen LogP contribution >= 0.6 is 0 Å². The van der Waals surface area contributed by atoms with Crippen LogP contribution in [-0.2, 0) is 11.0 Å². The summed E-state index contributed by atoms with van der Waals surface area (Å²) in [6.45, 7) is 0. The molecule has 3 rings (SSSR count). The summed E-state index contributed by atoms with van der Waals surface area (Å²) in [4.78, 5) is 19.8. The number of carboxylic acids is 1. The SMILES string of the molecule is O=C(O)C(c1ccc(C(F)(F)F)cc1)c1cncnc1C1CC1. The van der Waals surface area contributed by atoms with Crippen LogP contribution in [0.4, 0.5) is 13.2 Å². The first-order valence-corrected chi connectivity index (χ1v) is 7.07. The fourth-order valence-corrected chi connectivity index (χ4v) is 2.59. The summed E-state index contributed by atoms with van der Waals surface area (Å²) in [7, 11) is 0. The molecule has 2 aromatic rings. The second-order valence-electron chi connectivity index (χ2n) is 5.53. The number of carboxylic acid groups (broad SMARTS) is 1. The Morgan fingerprint density at radius 2 is 1.87 bits per heavy atom. The van der Waals surface area contributed by atoms with Crippen LogP contribution in [0.1, 0.15) is 47.1 Å². The molecule has 0 spiro atoms. The molecule has 0 radical (unpaired) electrons. The number of alkyl halides is 3. The lowest BCUT2D eigenvalue weighted by atomic mass is 9.89. The normalized spacial score (nSPS) is 16.1. The Hall–Kier alpha value is -2.44. The first-order chi connectivity index (χ1) is 10.9. The second kappa shape index (κ2) is 5.64. The van der Waals surface area contributed by atoms with E-state index in [0.29, 0.717) is 11.3 Å². The lowest BCUT2D eigenvalue weighted by molar-refractivity contribution is -0.138. The number of hydrogen-bond donors (Lipinski definition) is 1. The van der Waals surface area contributed by atoms with E-state index in [2.05, 4.69) is 9.97 Å². The third kappa shape index (κ3) is 3.18. The van der Waals surface area contributed by atoms with Gasteiger partial charge in [0.25, 0.3) is 0 Å². The topological polar surface area (TPSA) is 63.1 Å². The molecule has 23 heavy (non-hydrogen) atoms. The molecule has 1 atom stereocenters. The Kier molecular flexibility index (Phi) is 3.79. The molecule has 1 aromatic heterocycles. The van der Waals surface area contributed by atoms with Crippen LogP contribution in [-0.4, -0.2) is 21.0 Å². The van der Waals surface area contributed by atoms with Crippen LogP contribution in [0.2, 0.25) is 0 Å². The quantitative estimate of drug-likeness (QED) is 0.934. The van der Waals surface area contributed by atoms with E-state index in [1.165, 1.54) is 24.7 Å². The highest BCUT2D eigenvalue weighted by Crippen LogP contribution is 2.43. The monoisotopic (exact) mass is 322 g/mol. The molecular weight excluding hydrogens is 309 g/mol. The van der Waals surface area contributed by atoms with Crippen molar-refractivity contribution in [2.24, 2.45) is 0 Å². The number of halogens is 3. The van der Waals surface area contributed by atoms with E-state index in [1.807, 2.05) is 0 Å². The number of carbonyl (C=O) groups is 1. The molecule has 1 aliphatic rings. The molecular formula is C16H13F3N2O2. The van der Waals surface area contributed by atoms with Crippen molar-refractivity contribution >= 4 is 5.97 Å². The van der Waals surface area contributed by atoms with E-state index in [-0.39, 0.29) is 11.5 Å². The van der Waals surface area contributed by atoms with Gasteiger partial charge in [-0.25, -0.2) is 9.97 Å². The largest absolute Gasteiger partial charge is 0.481 e. The first-order valence-electron chi connectivity index (χ1n) is 7.07. The highest BCUT2D eigenvalue weighted by atomic mass is 19.4. The smallest absolute Gasteiger partial charge is 0.416 e. The fourth-order valence-electron chi connectivity index (χ4n) is 2.59. The zero-order chi connectivity index (χ0) is 16.6. The highest BCUT2D eigenvalue weighted by molar-refractivity contribution is 5.80. The van der Waals surface area contributed by atoms with E-state index < -0.39 is 23.6 Å². The average Bonchev–Trinajstić information content (AvgIpc) is 3.32. The van der Waals surface area contributed by atoms with Crippen LogP contribution in [0.3, 0.4) is 0 Å². The fraction of sp³-hybridized carbons (Fsp3) is 0.312. The van der Waals surface area contributed by atoms with Crippen molar-refractivity contribution in [2.45, 2.75) is 30.9 Å². The summed E-state index contributed by atoms with van der Waals surface area (Å²) in [6.07, 6.45) is 0.221. The molecule has 0 aliphatic heterocycles. The van der Waals surface area contributed by atoms with Crippen LogP contribution in [0, 0.1) is 0 Å². The van der Waals surface area contributed by atoms with E-state index in [1.54, 1.807) is 0 Å². The van der Waals surface area contributed by atoms with Crippen molar-refractivity contribution in [2.75, 3.05) is 0 Å². The molecule has 1 saturated carbocycles. The molecule has 120 valence electrons. The lowest BCUT2D eigenvalue weighted by Gasteiger charge is -2.16. The molecule has 1 N–H and O–H groups in total.